The molecule has 2 rings (SSSR count). The molecule has 1 amide bonds. The Hall–Kier alpha value is -1.80. The maximum atomic E-state index is 12.0. The largest absolute Gasteiger partial charge is 0.350 e. The fraction of sp³-hybridized carbons (Fsp3) is 0.538. The second-order valence-electron chi connectivity index (χ2n) is 4.76. The van der Waals surface area contributed by atoms with Crippen LogP contribution in [0.25, 0.3) is 0 Å². The molecule has 0 saturated carbocycles. The molecule has 1 aliphatic rings. The fourth-order valence-corrected chi connectivity index (χ4v) is 2.28. The Bertz CT molecular complexity index is 466. The van der Waals surface area contributed by atoms with Gasteiger partial charge in [0.05, 0.1) is 5.56 Å². The van der Waals surface area contributed by atoms with E-state index in [-0.39, 0.29) is 5.91 Å². The SMILES string of the molecule is Cn1cc(C#N)cc1C(=O)NC[C@@H]1CCCNC1. The van der Waals surface area contributed by atoms with Crippen LogP contribution in [-0.2, 0) is 7.05 Å². The van der Waals surface area contributed by atoms with Crippen LogP contribution in [0.5, 0.6) is 0 Å². The van der Waals surface area contributed by atoms with Crippen molar-refractivity contribution in [1.29, 1.82) is 5.26 Å². The predicted molar refractivity (Wildman–Crippen MR) is 68.1 cm³/mol. The first-order valence-electron chi connectivity index (χ1n) is 6.26. The molecule has 0 bridgehead atoms. The van der Waals surface area contributed by atoms with Gasteiger partial charge >= 0.3 is 0 Å². The zero-order valence-corrected chi connectivity index (χ0v) is 10.6. The molecule has 18 heavy (non-hydrogen) atoms. The Labute approximate surface area is 107 Å². The van der Waals surface area contributed by atoms with Crippen molar-refractivity contribution in [2.75, 3.05) is 19.6 Å². The van der Waals surface area contributed by atoms with Crippen LogP contribution in [0.1, 0.15) is 28.9 Å². The molecule has 1 atom stereocenters. The molecule has 2 N–H and O–H groups in total. The number of nitriles is 1. The van der Waals surface area contributed by atoms with Crippen molar-refractivity contribution >= 4 is 5.91 Å². The molecule has 0 spiro atoms. The van der Waals surface area contributed by atoms with Gasteiger partial charge in [0, 0.05) is 19.8 Å². The average Bonchev–Trinajstić information content (AvgIpc) is 2.78. The third-order valence-electron chi connectivity index (χ3n) is 3.32. The lowest BCUT2D eigenvalue weighted by Gasteiger charge is -2.22. The van der Waals surface area contributed by atoms with Crippen LogP contribution in [0.2, 0.25) is 0 Å². The van der Waals surface area contributed by atoms with E-state index in [1.54, 1.807) is 23.9 Å². The summed E-state index contributed by atoms with van der Waals surface area (Å²) in [6.45, 7) is 2.74. The van der Waals surface area contributed by atoms with Gasteiger partial charge in [0.1, 0.15) is 11.8 Å². The monoisotopic (exact) mass is 246 g/mol. The number of amides is 1. The van der Waals surface area contributed by atoms with Crippen LogP contribution in [0.15, 0.2) is 12.3 Å². The molecule has 1 saturated heterocycles. The Kier molecular flexibility index (Phi) is 4.00. The van der Waals surface area contributed by atoms with Gasteiger partial charge in [-0.3, -0.25) is 4.79 Å². The van der Waals surface area contributed by atoms with Crippen molar-refractivity contribution in [3.8, 4) is 6.07 Å². The van der Waals surface area contributed by atoms with Gasteiger partial charge in [0.2, 0.25) is 0 Å². The Morgan fingerprint density at radius 1 is 1.72 bits per heavy atom. The fourth-order valence-electron chi connectivity index (χ4n) is 2.28. The highest BCUT2D eigenvalue weighted by Gasteiger charge is 2.16. The van der Waals surface area contributed by atoms with E-state index in [4.69, 9.17) is 5.26 Å². The summed E-state index contributed by atoms with van der Waals surface area (Å²) in [4.78, 5) is 12.0. The number of rotatable bonds is 3. The van der Waals surface area contributed by atoms with Crippen LogP contribution >= 0.6 is 0 Å². The van der Waals surface area contributed by atoms with Crippen molar-refractivity contribution < 1.29 is 4.79 Å². The number of aromatic nitrogens is 1. The summed E-state index contributed by atoms with van der Waals surface area (Å²) >= 11 is 0. The minimum Gasteiger partial charge on any atom is -0.350 e. The molecule has 96 valence electrons. The smallest absolute Gasteiger partial charge is 0.267 e. The number of carbonyl (C=O) groups is 1. The highest BCUT2D eigenvalue weighted by atomic mass is 16.1. The van der Waals surface area contributed by atoms with Gasteiger partial charge < -0.3 is 15.2 Å². The number of nitrogens with one attached hydrogen (secondary N) is 2. The van der Waals surface area contributed by atoms with Crippen molar-refractivity contribution in [2.45, 2.75) is 12.8 Å². The van der Waals surface area contributed by atoms with Gasteiger partial charge in [-0.1, -0.05) is 0 Å². The van der Waals surface area contributed by atoms with Crippen LogP contribution in [0.3, 0.4) is 0 Å². The first-order valence-corrected chi connectivity index (χ1v) is 6.26. The van der Waals surface area contributed by atoms with Gasteiger partial charge in [-0.05, 0) is 37.9 Å². The van der Waals surface area contributed by atoms with Crippen LogP contribution in [0.4, 0.5) is 0 Å². The van der Waals surface area contributed by atoms with Crippen molar-refractivity contribution in [3.05, 3.63) is 23.5 Å². The molecule has 2 heterocycles. The van der Waals surface area contributed by atoms with Crippen molar-refractivity contribution in [1.82, 2.24) is 15.2 Å². The molecule has 1 aliphatic heterocycles. The summed E-state index contributed by atoms with van der Waals surface area (Å²) in [5, 5.41) is 15.0. The predicted octanol–water partition coefficient (Wildman–Crippen LogP) is 0.626. The minimum atomic E-state index is -0.107. The highest BCUT2D eigenvalue weighted by molar-refractivity contribution is 5.93. The van der Waals surface area contributed by atoms with E-state index in [1.165, 1.54) is 6.42 Å². The quantitative estimate of drug-likeness (QED) is 0.821. The Morgan fingerprint density at radius 3 is 3.17 bits per heavy atom. The molecular formula is C13H18N4O. The van der Waals surface area contributed by atoms with Gasteiger partial charge in [0.15, 0.2) is 0 Å². The molecule has 0 aromatic carbocycles. The van der Waals surface area contributed by atoms with E-state index >= 15 is 0 Å². The lowest BCUT2D eigenvalue weighted by Crippen LogP contribution is -2.38. The van der Waals surface area contributed by atoms with Crippen LogP contribution < -0.4 is 10.6 Å². The number of hydrogen-bond acceptors (Lipinski definition) is 3. The van der Waals surface area contributed by atoms with E-state index in [9.17, 15) is 4.79 Å². The van der Waals surface area contributed by atoms with Crippen LogP contribution in [0, 0.1) is 17.2 Å². The first-order chi connectivity index (χ1) is 8.70. The van der Waals surface area contributed by atoms with E-state index in [0.717, 1.165) is 19.5 Å². The number of piperidine rings is 1. The molecule has 5 nitrogen and oxygen atoms in total. The maximum Gasteiger partial charge on any atom is 0.267 e. The number of nitrogens with zero attached hydrogens (tertiary/aromatic N) is 2. The molecule has 0 aliphatic carbocycles. The molecule has 1 fully saturated rings. The van der Waals surface area contributed by atoms with E-state index < -0.39 is 0 Å². The molecule has 1 aromatic rings. The van der Waals surface area contributed by atoms with E-state index in [2.05, 4.69) is 10.6 Å². The third kappa shape index (κ3) is 2.90. The molecular weight excluding hydrogens is 228 g/mol. The molecule has 5 heteroatoms. The Morgan fingerprint density at radius 2 is 2.56 bits per heavy atom. The second kappa shape index (κ2) is 5.69. The lowest BCUT2D eigenvalue weighted by molar-refractivity contribution is 0.0936. The maximum absolute atomic E-state index is 12.0. The third-order valence-corrected chi connectivity index (χ3v) is 3.32. The summed E-state index contributed by atoms with van der Waals surface area (Å²) in [5.41, 5.74) is 1.05. The molecule has 0 unspecified atom stereocenters. The topological polar surface area (TPSA) is 69.8 Å². The van der Waals surface area contributed by atoms with Crippen LogP contribution in [-0.4, -0.2) is 30.1 Å². The van der Waals surface area contributed by atoms with Crippen molar-refractivity contribution in [2.24, 2.45) is 13.0 Å². The number of carbonyl (C=O) groups excluding carboxylic acids is 1. The van der Waals surface area contributed by atoms with Crippen molar-refractivity contribution in [3.63, 3.8) is 0 Å². The van der Waals surface area contributed by atoms with E-state index in [0.29, 0.717) is 23.7 Å². The first kappa shape index (κ1) is 12.7. The van der Waals surface area contributed by atoms with Gasteiger partial charge in [-0.25, -0.2) is 0 Å². The van der Waals surface area contributed by atoms with E-state index in [1.807, 2.05) is 6.07 Å². The normalized spacial score (nSPS) is 19.2. The molecule has 0 radical (unpaired) electrons. The number of hydrogen-bond donors (Lipinski definition) is 2. The summed E-state index contributed by atoms with van der Waals surface area (Å²) in [7, 11) is 1.78. The summed E-state index contributed by atoms with van der Waals surface area (Å²) in [6.07, 6.45) is 3.99. The summed E-state index contributed by atoms with van der Waals surface area (Å²) in [5.74, 6) is 0.406. The van der Waals surface area contributed by atoms with Gasteiger partial charge in [-0.2, -0.15) is 5.26 Å². The zero-order chi connectivity index (χ0) is 13.0. The number of aryl methyl sites for hydroxylation is 1. The van der Waals surface area contributed by atoms with Gasteiger partial charge in [-0.15, -0.1) is 0 Å². The summed E-state index contributed by atoms with van der Waals surface area (Å²) < 4.78 is 1.69. The Balaban J connectivity index is 1.91. The zero-order valence-electron chi connectivity index (χ0n) is 10.6. The second-order valence-corrected chi connectivity index (χ2v) is 4.76. The standard InChI is InChI=1S/C13H18N4O/c1-17-9-11(6-14)5-12(17)13(18)16-8-10-3-2-4-15-7-10/h5,9-10,15H,2-4,7-8H2,1H3,(H,16,18)/t10-/m1/s1. The average molecular weight is 246 g/mol. The summed E-state index contributed by atoms with van der Waals surface area (Å²) in [6, 6.07) is 3.66. The lowest BCUT2D eigenvalue weighted by atomic mass is 10.00. The molecule has 1 aromatic heterocycles. The minimum absolute atomic E-state index is 0.107. The van der Waals surface area contributed by atoms with Gasteiger partial charge in [0.25, 0.3) is 5.91 Å². The highest BCUT2D eigenvalue weighted by Crippen LogP contribution is 2.10.